The van der Waals surface area contributed by atoms with Gasteiger partial charge in [0.05, 0.1) is 18.8 Å². The van der Waals surface area contributed by atoms with Gasteiger partial charge in [-0.2, -0.15) is 0 Å². The molecule has 1 N–H and O–H groups in total. The van der Waals surface area contributed by atoms with Crippen molar-refractivity contribution in [3.8, 4) is 5.69 Å². The minimum absolute atomic E-state index is 0.233. The molecule has 1 aromatic heterocycles. The second-order valence-corrected chi connectivity index (χ2v) is 6.45. The number of methoxy groups -OCH3 is 1. The summed E-state index contributed by atoms with van der Waals surface area (Å²) < 4.78 is 6.26. The molecule has 138 valence electrons. The molecule has 0 spiro atoms. The van der Waals surface area contributed by atoms with E-state index in [2.05, 4.69) is 20.8 Å². The van der Waals surface area contributed by atoms with Crippen LogP contribution in [0.25, 0.3) is 5.69 Å². The number of benzene rings is 1. The second kappa shape index (κ2) is 7.69. The molecule has 2 unspecified atom stereocenters. The van der Waals surface area contributed by atoms with E-state index in [1.807, 2.05) is 6.92 Å². The van der Waals surface area contributed by atoms with Crippen molar-refractivity contribution in [2.24, 2.45) is 0 Å². The third kappa shape index (κ3) is 3.62. The van der Waals surface area contributed by atoms with Gasteiger partial charge >= 0.3 is 6.09 Å². The van der Waals surface area contributed by atoms with Crippen molar-refractivity contribution < 1.29 is 14.3 Å². The minimum Gasteiger partial charge on any atom is -0.453 e. The molecule has 1 fully saturated rings. The molecule has 2 amide bonds. The van der Waals surface area contributed by atoms with Crippen molar-refractivity contribution >= 4 is 23.6 Å². The van der Waals surface area contributed by atoms with Gasteiger partial charge in [0, 0.05) is 17.1 Å². The first-order valence-electron chi connectivity index (χ1n) is 8.19. The Labute approximate surface area is 155 Å². The lowest BCUT2D eigenvalue weighted by molar-refractivity contribution is -0.125. The number of amides is 2. The fourth-order valence-electron chi connectivity index (χ4n) is 3.11. The zero-order valence-corrected chi connectivity index (χ0v) is 15.2. The van der Waals surface area contributed by atoms with E-state index in [1.165, 1.54) is 23.0 Å². The van der Waals surface area contributed by atoms with E-state index in [-0.39, 0.29) is 11.9 Å². The number of aromatic nitrogens is 4. The highest BCUT2D eigenvalue weighted by Gasteiger charge is 2.35. The van der Waals surface area contributed by atoms with Gasteiger partial charge in [0.2, 0.25) is 5.91 Å². The molecule has 1 saturated heterocycles. The van der Waals surface area contributed by atoms with Crippen LogP contribution in [-0.4, -0.2) is 56.8 Å². The van der Waals surface area contributed by atoms with Crippen molar-refractivity contribution in [2.45, 2.75) is 31.8 Å². The number of hydrogen-bond donors (Lipinski definition) is 1. The summed E-state index contributed by atoms with van der Waals surface area (Å²) >= 11 is 6.13. The molecule has 1 aliphatic rings. The summed E-state index contributed by atoms with van der Waals surface area (Å²) in [5.74, 6) is -0.233. The van der Waals surface area contributed by atoms with Gasteiger partial charge in [0.15, 0.2) is 0 Å². The summed E-state index contributed by atoms with van der Waals surface area (Å²) in [5, 5.41) is 14.7. The fourth-order valence-corrected chi connectivity index (χ4v) is 3.30. The smallest absolute Gasteiger partial charge is 0.410 e. The van der Waals surface area contributed by atoms with Crippen LogP contribution in [0, 0.1) is 0 Å². The minimum atomic E-state index is -0.541. The van der Waals surface area contributed by atoms with Crippen LogP contribution in [-0.2, 0) is 9.53 Å². The fraction of sp³-hybridized carbons (Fsp3) is 0.438. The van der Waals surface area contributed by atoms with Gasteiger partial charge in [-0.15, -0.1) is 5.10 Å². The summed E-state index contributed by atoms with van der Waals surface area (Å²) in [5.41, 5.74) is 1.48. The van der Waals surface area contributed by atoms with Gasteiger partial charge in [-0.05, 0) is 48.4 Å². The maximum absolute atomic E-state index is 12.7. The number of likely N-dealkylation sites (tertiary alicyclic amines) is 1. The highest BCUT2D eigenvalue weighted by atomic mass is 35.5. The molecule has 2 aromatic rings. The highest BCUT2D eigenvalue weighted by molar-refractivity contribution is 6.30. The maximum atomic E-state index is 12.7. The number of halogens is 1. The monoisotopic (exact) mass is 378 g/mol. The Morgan fingerprint density at radius 3 is 2.92 bits per heavy atom. The van der Waals surface area contributed by atoms with Crippen LogP contribution in [0.15, 0.2) is 24.5 Å². The number of nitrogens with zero attached hydrogens (tertiary/aromatic N) is 5. The molecule has 3 rings (SSSR count). The number of tetrazole rings is 1. The largest absolute Gasteiger partial charge is 0.453 e. The van der Waals surface area contributed by atoms with Crippen LogP contribution >= 0.6 is 11.6 Å². The second-order valence-electron chi connectivity index (χ2n) is 6.01. The first kappa shape index (κ1) is 18.1. The van der Waals surface area contributed by atoms with E-state index >= 15 is 0 Å². The van der Waals surface area contributed by atoms with Crippen molar-refractivity contribution in [3.05, 3.63) is 35.1 Å². The maximum Gasteiger partial charge on any atom is 0.410 e. The van der Waals surface area contributed by atoms with Crippen LogP contribution in [0.2, 0.25) is 5.02 Å². The SMILES string of the molecule is COC(=O)N1CCCC1C(=O)NC(C)c1cc(Cl)ccc1-n1cnnn1. The molecule has 2 atom stereocenters. The lowest BCUT2D eigenvalue weighted by Crippen LogP contribution is -2.46. The van der Waals surface area contributed by atoms with Crippen LogP contribution in [0.5, 0.6) is 0 Å². The van der Waals surface area contributed by atoms with Gasteiger partial charge in [0.1, 0.15) is 12.4 Å². The van der Waals surface area contributed by atoms with Gasteiger partial charge in [-0.1, -0.05) is 11.6 Å². The van der Waals surface area contributed by atoms with E-state index in [0.717, 1.165) is 12.0 Å². The molecule has 10 heteroatoms. The molecule has 0 radical (unpaired) electrons. The molecule has 0 bridgehead atoms. The quantitative estimate of drug-likeness (QED) is 0.869. The number of nitrogens with one attached hydrogen (secondary N) is 1. The topological polar surface area (TPSA) is 102 Å². The van der Waals surface area contributed by atoms with Crippen LogP contribution in [0.4, 0.5) is 4.79 Å². The molecule has 2 heterocycles. The van der Waals surface area contributed by atoms with E-state index in [1.54, 1.807) is 18.2 Å². The highest BCUT2D eigenvalue weighted by Crippen LogP contribution is 2.26. The number of carbonyl (C=O) groups excluding carboxylic acids is 2. The first-order chi connectivity index (χ1) is 12.5. The number of rotatable bonds is 4. The predicted octanol–water partition coefficient (Wildman–Crippen LogP) is 1.72. The zero-order chi connectivity index (χ0) is 18.7. The lowest BCUT2D eigenvalue weighted by atomic mass is 10.1. The molecule has 0 aliphatic carbocycles. The Kier molecular flexibility index (Phi) is 5.36. The average molecular weight is 379 g/mol. The van der Waals surface area contributed by atoms with E-state index in [9.17, 15) is 9.59 Å². The Morgan fingerprint density at radius 2 is 2.23 bits per heavy atom. The molecule has 0 saturated carbocycles. The molecule has 1 aromatic carbocycles. The van der Waals surface area contributed by atoms with Gasteiger partial charge in [-0.3, -0.25) is 9.69 Å². The summed E-state index contributed by atoms with van der Waals surface area (Å²) in [6.07, 6.45) is 2.34. The summed E-state index contributed by atoms with van der Waals surface area (Å²) in [6.45, 7) is 2.35. The van der Waals surface area contributed by atoms with Crippen molar-refractivity contribution in [1.29, 1.82) is 0 Å². The van der Waals surface area contributed by atoms with E-state index in [4.69, 9.17) is 16.3 Å². The predicted molar refractivity (Wildman–Crippen MR) is 92.9 cm³/mol. The summed E-state index contributed by atoms with van der Waals surface area (Å²) in [4.78, 5) is 26.0. The van der Waals surface area contributed by atoms with Crippen molar-refractivity contribution in [3.63, 3.8) is 0 Å². The normalized spacial score (nSPS) is 17.8. The Balaban J connectivity index is 1.80. The first-order valence-corrected chi connectivity index (χ1v) is 8.57. The molecule has 9 nitrogen and oxygen atoms in total. The molecule has 26 heavy (non-hydrogen) atoms. The number of hydrogen-bond acceptors (Lipinski definition) is 6. The number of ether oxygens (including phenoxy) is 1. The van der Waals surface area contributed by atoms with Crippen LogP contribution < -0.4 is 5.32 Å². The van der Waals surface area contributed by atoms with Gasteiger partial charge in [0.25, 0.3) is 0 Å². The Morgan fingerprint density at radius 1 is 1.42 bits per heavy atom. The van der Waals surface area contributed by atoms with Crippen LogP contribution in [0.1, 0.15) is 31.4 Å². The number of carbonyl (C=O) groups is 2. The van der Waals surface area contributed by atoms with E-state index < -0.39 is 12.1 Å². The molecule has 1 aliphatic heterocycles. The van der Waals surface area contributed by atoms with Crippen molar-refractivity contribution in [1.82, 2.24) is 30.4 Å². The van der Waals surface area contributed by atoms with Gasteiger partial charge in [-0.25, -0.2) is 9.48 Å². The van der Waals surface area contributed by atoms with Gasteiger partial charge < -0.3 is 10.1 Å². The van der Waals surface area contributed by atoms with E-state index in [0.29, 0.717) is 23.7 Å². The zero-order valence-electron chi connectivity index (χ0n) is 14.4. The summed E-state index contributed by atoms with van der Waals surface area (Å²) in [7, 11) is 1.31. The van der Waals surface area contributed by atoms with Crippen LogP contribution in [0.3, 0.4) is 0 Å². The Hall–Kier alpha value is -2.68. The third-order valence-electron chi connectivity index (χ3n) is 4.38. The van der Waals surface area contributed by atoms with Crippen molar-refractivity contribution in [2.75, 3.05) is 13.7 Å². The summed E-state index contributed by atoms with van der Waals surface area (Å²) in [6, 6.07) is 4.37. The molecular weight excluding hydrogens is 360 g/mol. The Bertz CT molecular complexity index is 797. The average Bonchev–Trinajstić information content (AvgIpc) is 3.32. The molecular formula is C16H19ClN6O3. The third-order valence-corrected chi connectivity index (χ3v) is 4.61. The lowest BCUT2D eigenvalue weighted by Gasteiger charge is -2.25. The standard InChI is InChI=1S/C16H19ClN6O3/c1-10(19-15(24)14-4-3-7-22(14)16(25)26-2)12-8-11(17)5-6-13(12)23-9-18-20-21-23/h5-6,8-10,14H,3-4,7H2,1-2H3,(H,19,24).